The van der Waals surface area contributed by atoms with Gasteiger partial charge in [-0.05, 0) is 74.8 Å². The third-order valence-electron chi connectivity index (χ3n) is 6.49. The van der Waals surface area contributed by atoms with Gasteiger partial charge in [0.15, 0.2) is 16.6 Å². The Morgan fingerprint density at radius 2 is 1.90 bits per heavy atom. The molecule has 1 saturated heterocycles. The van der Waals surface area contributed by atoms with E-state index in [2.05, 4.69) is 51.8 Å². The molecular formula is C24H24N4O2S. The summed E-state index contributed by atoms with van der Waals surface area (Å²) in [5.74, 6) is 1.52. The van der Waals surface area contributed by atoms with Crippen LogP contribution in [0.25, 0.3) is 0 Å². The average Bonchev–Trinajstić information content (AvgIpc) is 3.27. The third kappa shape index (κ3) is 2.98. The summed E-state index contributed by atoms with van der Waals surface area (Å²) >= 11 is 5.86. The highest BCUT2D eigenvalue weighted by atomic mass is 32.1. The van der Waals surface area contributed by atoms with Crippen molar-refractivity contribution in [1.29, 1.82) is 0 Å². The maximum absolute atomic E-state index is 5.86. The molecule has 0 spiro atoms. The molecule has 7 heteroatoms. The second-order valence-corrected chi connectivity index (χ2v) is 8.85. The lowest BCUT2D eigenvalue weighted by Crippen LogP contribution is -2.29. The Balaban J connectivity index is 1.50. The fourth-order valence-corrected chi connectivity index (χ4v) is 5.33. The molecule has 4 heterocycles. The van der Waals surface area contributed by atoms with Gasteiger partial charge in [0.05, 0.1) is 17.8 Å². The summed E-state index contributed by atoms with van der Waals surface area (Å²) in [5.41, 5.74) is 5.86. The van der Waals surface area contributed by atoms with E-state index in [0.717, 1.165) is 22.9 Å². The molecule has 1 aromatic carbocycles. The normalized spacial score (nSPS) is 22.1. The summed E-state index contributed by atoms with van der Waals surface area (Å²) in [6.45, 7) is 4.69. The van der Waals surface area contributed by atoms with E-state index in [0.29, 0.717) is 11.2 Å². The van der Waals surface area contributed by atoms with E-state index in [1.54, 1.807) is 0 Å². The highest BCUT2D eigenvalue weighted by Crippen LogP contribution is 2.47. The number of nitrogens with one attached hydrogen (secondary N) is 1. The van der Waals surface area contributed by atoms with Crippen molar-refractivity contribution in [2.24, 2.45) is 0 Å². The lowest BCUT2D eigenvalue weighted by Gasteiger charge is -2.28. The molecule has 2 aromatic heterocycles. The van der Waals surface area contributed by atoms with Gasteiger partial charge in [0.2, 0.25) is 6.79 Å². The van der Waals surface area contributed by atoms with E-state index >= 15 is 0 Å². The number of aryl methyl sites for hydroxylation is 1. The Hall–Kier alpha value is -3.06. The standard InChI is InChI=1S/C24H24N4O2S/c1-14-11-18(15(2)27(14)16-6-7-16)23-22(19-5-3-4-10-25-19)26-24(31)28(23)17-8-9-20-21(12-17)30-13-29-20/h3-5,8-12,16,22-23H,6-7,13H2,1-2H3,(H,26,31)/t22-,23+/m0/s1. The summed E-state index contributed by atoms with van der Waals surface area (Å²) in [4.78, 5) is 6.87. The van der Waals surface area contributed by atoms with Gasteiger partial charge in [-0.15, -0.1) is 0 Å². The number of thiocarbonyl (C=S) groups is 1. The predicted molar refractivity (Wildman–Crippen MR) is 123 cm³/mol. The van der Waals surface area contributed by atoms with Crippen LogP contribution in [0.3, 0.4) is 0 Å². The number of anilines is 1. The van der Waals surface area contributed by atoms with E-state index in [-0.39, 0.29) is 18.9 Å². The first kappa shape index (κ1) is 18.7. The molecule has 3 aliphatic rings. The van der Waals surface area contributed by atoms with Gasteiger partial charge < -0.3 is 24.3 Å². The van der Waals surface area contributed by atoms with Crippen LogP contribution in [0.4, 0.5) is 5.69 Å². The minimum absolute atomic E-state index is 0.0125. The molecule has 6 nitrogen and oxygen atoms in total. The number of hydrogen-bond donors (Lipinski definition) is 1. The van der Waals surface area contributed by atoms with E-state index < -0.39 is 0 Å². The maximum Gasteiger partial charge on any atom is 0.231 e. The Labute approximate surface area is 186 Å². The molecule has 2 atom stereocenters. The summed E-state index contributed by atoms with van der Waals surface area (Å²) < 4.78 is 13.6. The van der Waals surface area contributed by atoms with Crippen molar-refractivity contribution >= 4 is 23.0 Å². The smallest absolute Gasteiger partial charge is 0.231 e. The average molecular weight is 433 g/mol. The topological polar surface area (TPSA) is 51.6 Å². The van der Waals surface area contributed by atoms with Crippen LogP contribution in [0, 0.1) is 13.8 Å². The molecule has 6 rings (SSSR count). The monoisotopic (exact) mass is 432 g/mol. The van der Waals surface area contributed by atoms with Crippen LogP contribution in [-0.4, -0.2) is 21.5 Å². The maximum atomic E-state index is 5.86. The molecule has 2 fully saturated rings. The second-order valence-electron chi connectivity index (χ2n) is 8.46. The molecule has 0 radical (unpaired) electrons. The fraction of sp³-hybridized carbons (Fsp3) is 0.333. The zero-order valence-electron chi connectivity index (χ0n) is 17.5. The third-order valence-corrected chi connectivity index (χ3v) is 6.80. The first-order valence-corrected chi connectivity index (χ1v) is 11.1. The Morgan fingerprint density at radius 3 is 2.68 bits per heavy atom. The van der Waals surface area contributed by atoms with Crippen LogP contribution in [0.5, 0.6) is 11.5 Å². The molecule has 1 aliphatic carbocycles. The van der Waals surface area contributed by atoms with Crippen molar-refractivity contribution in [3.63, 3.8) is 0 Å². The largest absolute Gasteiger partial charge is 0.454 e. The van der Waals surface area contributed by atoms with Gasteiger partial charge in [-0.2, -0.15) is 0 Å². The van der Waals surface area contributed by atoms with Crippen molar-refractivity contribution in [2.75, 3.05) is 11.7 Å². The Morgan fingerprint density at radius 1 is 1.06 bits per heavy atom. The summed E-state index contributed by atoms with van der Waals surface area (Å²) in [6, 6.07) is 15.0. The zero-order valence-corrected chi connectivity index (χ0v) is 18.4. The molecule has 1 N–H and O–H groups in total. The number of hydrogen-bond acceptors (Lipinski definition) is 4. The number of pyridine rings is 1. The van der Waals surface area contributed by atoms with Crippen LogP contribution >= 0.6 is 12.2 Å². The Kier molecular flexibility index (Phi) is 4.21. The minimum atomic E-state index is -0.0488. The minimum Gasteiger partial charge on any atom is -0.454 e. The van der Waals surface area contributed by atoms with Gasteiger partial charge >= 0.3 is 0 Å². The number of nitrogens with zero attached hydrogens (tertiary/aromatic N) is 3. The van der Waals surface area contributed by atoms with Gasteiger partial charge in [0.1, 0.15) is 0 Å². The summed E-state index contributed by atoms with van der Waals surface area (Å²) in [7, 11) is 0. The van der Waals surface area contributed by atoms with E-state index in [1.807, 2.05) is 30.5 Å². The van der Waals surface area contributed by atoms with E-state index in [4.69, 9.17) is 21.7 Å². The number of fused-ring (bicyclic) bond motifs is 1. The van der Waals surface area contributed by atoms with Gasteiger partial charge in [-0.1, -0.05) is 6.07 Å². The highest BCUT2D eigenvalue weighted by molar-refractivity contribution is 7.80. The van der Waals surface area contributed by atoms with Crippen LogP contribution < -0.4 is 19.7 Å². The Bertz CT molecular complexity index is 1170. The van der Waals surface area contributed by atoms with Crippen LogP contribution in [0.2, 0.25) is 0 Å². The molecule has 31 heavy (non-hydrogen) atoms. The molecular weight excluding hydrogens is 408 g/mol. The lowest BCUT2D eigenvalue weighted by molar-refractivity contribution is 0.174. The number of aromatic nitrogens is 2. The van der Waals surface area contributed by atoms with Gasteiger partial charge in [-0.25, -0.2) is 0 Å². The van der Waals surface area contributed by atoms with Gasteiger partial charge in [0, 0.05) is 35.4 Å². The van der Waals surface area contributed by atoms with Crippen LogP contribution in [-0.2, 0) is 0 Å². The van der Waals surface area contributed by atoms with E-state index in [1.165, 1.54) is 29.8 Å². The molecule has 1 saturated carbocycles. The number of ether oxygens (including phenoxy) is 2. The molecule has 0 bridgehead atoms. The van der Waals surface area contributed by atoms with Crippen molar-refractivity contribution < 1.29 is 9.47 Å². The van der Waals surface area contributed by atoms with Crippen molar-refractivity contribution in [1.82, 2.24) is 14.9 Å². The summed E-state index contributed by atoms with van der Waals surface area (Å²) in [6.07, 6.45) is 4.35. The fourth-order valence-electron chi connectivity index (χ4n) is 4.98. The van der Waals surface area contributed by atoms with Crippen molar-refractivity contribution in [3.05, 3.63) is 71.3 Å². The van der Waals surface area contributed by atoms with E-state index in [9.17, 15) is 0 Å². The zero-order chi connectivity index (χ0) is 21.1. The number of rotatable bonds is 4. The van der Waals surface area contributed by atoms with Gasteiger partial charge in [-0.3, -0.25) is 4.98 Å². The van der Waals surface area contributed by atoms with Crippen molar-refractivity contribution in [2.45, 2.75) is 44.8 Å². The van der Waals surface area contributed by atoms with Crippen LogP contribution in [0.1, 0.15) is 53.6 Å². The first-order chi connectivity index (χ1) is 15.1. The molecule has 158 valence electrons. The highest BCUT2D eigenvalue weighted by Gasteiger charge is 2.43. The molecule has 0 amide bonds. The van der Waals surface area contributed by atoms with Crippen LogP contribution in [0.15, 0.2) is 48.7 Å². The SMILES string of the molecule is Cc1cc([C@@H]2[C@H](c3ccccn3)NC(=S)N2c2ccc3c(c2)OCO3)c(C)n1C1CC1. The second kappa shape index (κ2) is 6.99. The molecule has 2 aliphatic heterocycles. The molecule has 0 unspecified atom stereocenters. The number of benzene rings is 1. The first-order valence-electron chi connectivity index (χ1n) is 10.7. The lowest BCUT2D eigenvalue weighted by atomic mass is 9.96. The quantitative estimate of drug-likeness (QED) is 0.601. The summed E-state index contributed by atoms with van der Waals surface area (Å²) in [5, 5.41) is 4.24. The van der Waals surface area contributed by atoms with Gasteiger partial charge in [0.25, 0.3) is 0 Å². The predicted octanol–water partition coefficient (Wildman–Crippen LogP) is 4.74. The van der Waals surface area contributed by atoms with Crippen molar-refractivity contribution in [3.8, 4) is 11.5 Å². The molecule has 3 aromatic rings.